The molecule has 0 spiro atoms. The third-order valence-corrected chi connectivity index (χ3v) is 4.99. The predicted octanol–water partition coefficient (Wildman–Crippen LogP) is 4.38. The minimum absolute atomic E-state index is 0.369. The van der Waals surface area contributed by atoms with Gasteiger partial charge in [-0.2, -0.15) is 0 Å². The molecular formula is C16H23ClN2S. The number of thiocarbonyl (C=S) groups is 1. The summed E-state index contributed by atoms with van der Waals surface area (Å²) in [7, 11) is 2.12. The van der Waals surface area contributed by atoms with Gasteiger partial charge in [0.25, 0.3) is 0 Å². The second-order valence-electron chi connectivity index (χ2n) is 6.50. The van der Waals surface area contributed by atoms with Gasteiger partial charge < -0.3 is 10.6 Å². The SMILES string of the molecule is CN(c1cccc(Cl)c1C(N)=S)C1CCC(C)(C)CC1. The first-order valence-electron chi connectivity index (χ1n) is 7.13. The Morgan fingerprint density at radius 3 is 2.50 bits per heavy atom. The molecule has 1 aliphatic rings. The van der Waals surface area contributed by atoms with E-state index in [0.29, 0.717) is 21.5 Å². The molecule has 2 nitrogen and oxygen atoms in total. The van der Waals surface area contributed by atoms with Crippen LogP contribution in [0, 0.1) is 5.41 Å². The van der Waals surface area contributed by atoms with Crippen LogP contribution in [-0.2, 0) is 0 Å². The summed E-state index contributed by atoms with van der Waals surface area (Å²) in [6.07, 6.45) is 4.91. The van der Waals surface area contributed by atoms with E-state index in [1.165, 1.54) is 25.7 Å². The second-order valence-corrected chi connectivity index (χ2v) is 7.35. The highest BCUT2D eigenvalue weighted by atomic mass is 35.5. The van der Waals surface area contributed by atoms with Crippen LogP contribution in [0.1, 0.15) is 45.1 Å². The van der Waals surface area contributed by atoms with Crippen LogP contribution >= 0.6 is 23.8 Å². The Labute approximate surface area is 132 Å². The summed E-state index contributed by atoms with van der Waals surface area (Å²) in [5.41, 5.74) is 8.17. The summed E-state index contributed by atoms with van der Waals surface area (Å²) in [5, 5.41) is 0.637. The molecule has 0 bridgehead atoms. The predicted molar refractivity (Wildman–Crippen MR) is 91.8 cm³/mol. The molecule has 0 saturated heterocycles. The molecule has 2 rings (SSSR count). The van der Waals surface area contributed by atoms with E-state index in [-0.39, 0.29) is 0 Å². The van der Waals surface area contributed by atoms with Gasteiger partial charge in [-0.15, -0.1) is 0 Å². The summed E-state index contributed by atoms with van der Waals surface area (Å²) < 4.78 is 0. The zero-order valence-electron chi connectivity index (χ0n) is 12.4. The molecular weight excluding hydrogens is 288 g/mol. The van der Waals surface area contributed by atoms with Crippen molar-refractivity contribution in [3.8, 4) is 0 Å². The van der Waals surface area contributed by atoms with E-state index in [9.17, 15) is 0 Å². The molecule has 1 aliphatic carbocycles. The number of hydrogen-bond acceptors (Lipinski definition) is 2. The highest BCUT2D eigenvalue weighted by Gasteiger charge is 2.29. The average Bonchev–Trinajstić information content (AvgIpc) is 2.37. The number of benzene rings is 1. The Kier molecular flexibility index (Phi) is 4.60. The number of nitrogens with two attached hydrogens (primary N) is 1. The van der Waals surface area contributed by atoms with Crippen LogP contribution in [0.3, 0.4) is 0 Å². The van der Waals surface area contributed by atoms with Crippen molar-refractivity contribution in [2.75, 3.05) is 11.9 Å². The van der Waals surface area contributed by atoms with Crippen molar-refractivity contribution < 1.29 is 0 Å². The molecule has 0 atom stereocenters. The number of anilines is 1. The van der Waals surface area contributed by atoms with E-state index < -0.39 is 0 Å². The maximum atomic E-state index is 6.26. The molecule has 0 aliphatic heterocycles. The Hall–Kier alpha value is -0.800. The van der Waals surface area contributed by atoms with Crippen LogP contribution in [0.5, 0.6) is 0 Å². The van der Waals surface area contributed by atoms with Crippen molar-refractivity contribution in [2.45, 2.75) is 45.6 Å². The maximum Gasteiger partial charge on any atom is 0.107 e. The van der Waals surface area contributed by atoms with Gasteiger partial charge in [0.15, 0.2) is 0 Å². The summed E-state index contributed by atoms with van der Waals surface area (Å²) in [5.74, 6) is 0. The molecule has 1 fully saturated rings. The molecule has 0 unspecified atom stereocenters. The molecule has 20 heavy (non-hydrogen) atoms. The molecule has 1 aromatic carbocycles. The van der Waals surface area contributed by atoms with Gasteiger partial charge in [0, 0.05) is 18.8 Å². The zero-order chi connectivity index (χ0) is 14.9. The lowest BCUT2D eigenvalue weighted by Crippen LogP contribution is -2.38. The largest absolute Gasteiger partial charge is 0.389 e. The Morgan fingerprint density at radius 2 is 1.95 bits per heavy atom. The van der Waals surface area contributed by atoms with Crippen molar-refractivity contribution in [2.24, 2.45) is 11.1 Å². The van der Waals surface area contributed by atoms with E-state index in [1.807, 2.05) is 12.1 Å². The number of halogens is 1. The fraction of sp³-hybridized carbons (Fsp3) is 0.562. The molecule has 0 radical (unpaired) electrons. The van der Waals surface area contributed by atoms with E-state index >= 15 is 0 Å². The molecule has 0 heterocycles. The van der Waals surface area contributed by atoms with Gasteiger partial charge in [0.2, 0.25) is 0 Å². The first-order valence-corrected chi connectivity index (χ1v) is 7.91. The molecule has 0 aromatic heterocycles. The lowest BCUT2D eigenvalue weighted by atomic mass is 9.75. The highest BCUT2D eigenvalue weighted by Crippen LogP contribution is 2.38. The van der Waals surface area contributed by atoms with Crippen molar-refractivity contribution in [1.82, 2.24) is 0 Å². The Bertz CT molecular complexity index is 503. The van der Waals surface area contributed by atoms with Gasteiger partial charge in [-0.05, 0) is 43.2 Å². The van der Waals surface area contributed by atoms with Crippen molar-refractivity contribution in [1.29, 1.82) is 0 Å². The summed E-state index contributed by atoms with van der Waals surface area (Å²) in [4.78, 5) is 2.67. The number of rotatable bonds is 3. The minimum atomic E-state index is 0.369. The van der Waals surface area contributed by atoms with Crippen LogP contribution in [-0.4, -0.2) is 18.1 Å². The van der Waals surface area contributed by atoms with Gasteiger partial charge >= 0.3 is 0 Å². The van der Waals surface area contributed by atoms with Gasteiger partial charge in [-0.1, -0.05) is 43.7 Å². The van der Waals surface area contributed by atoms with Gasteiger partial charge in [-0.25, -0.2) is 0 Å². The molecule has 1 aromatic rings. The highest BCUT2D eigenvalue weighted by molar-refractivity contribution is 7.80. The van der Waals surface area contributed by atoms with Crippen LogP contribution < -0.4 is 10.6 Å². The lowest BCUT2D eigenvalue weighted by Gasteiger charge is -2.40. The first kappa shape index (κ1) is 15.6. The lowest BCUT2D eigenvalue weighted by molar-refractivity contribution is 0.222. The third kappa shape index (κ3) is 3.26. The zero-order valence-corrected chi connectivity index (χ0v) is 14.0. The summed E-state index contributed by atoms with van der Waals surface area (Å²) in [6.45, 7) is 4.70. The second kappa shape index (κ2) is 5.90. The smallest absolute Gasteiger partial charge is 0.107 e. The maximum absolute atomic E-state index is 6.26. The molecule has 4 heteroatoms. The number of hydrogen-bond donors (Lipinski definition) is 1. The van der Waals surface area contributed by atoms with Crippen molar-refractivity contribution >= 4 is 34.5 Å². The van der Waals surface area contributed by atoms with Crippen LogP contribution in [0.15, 0.2) is 18.2 Å². The fourth-order valence-corrected chi connectivity index (χ4v) is 3.56. The Balaban J connectivity index is 2.24. The topological polar surface area (TPSA) is 29.3 Å². The van der Waals surface area contributed by atoms with Crippen LogP contribution in [0.25, 0.3) is 0 Å². The quantitative estimate of drug-likeness (QED) is 0.840. The summed E-state index contributed by atoms with van der Waals surface area (Å²) in [6, 6.07) is 6.40. The normalized spacial score (nSPS) is 18.8. The minimum Gasteiger partial charge on any atom is -0.389 e. The summed E-state index contributed by atoms with van der Waals surface area (Å²) >= 11 is 11.4. The third-order valence-electron chi connectivity index (χ3n) is 4.47. The van der Waals surface area contributed by atoms with E-state index in [2.05, 4.69) is 31.9 Å². The molecule has 1 saturated carbocycles. The number of nitrogens with zero attached hydrogens (tertiary/aromatic N) is 1. The van der Waals surface area contributed by atoms with E-state index in [1.54, 1.807) is 0 Å². The van der Waals surface area contributed by atoms with E-state index in [4.69, 9.17) is 29.6 Å². The van der Waals surface area contributed by atoms with E-state index in [0.717, 1.165) is 11.3 Å². The van der Waals surface area contributed by atoms with Crippen molar-refractivity contribution in [3.63, 3.8) is 0 Å². The van der Waals surface area contributed by atoms with Crippen LogP contribution in [0.4, 0.5) is 5.69 Å². The molecule has 2 N–H and O–H groups in total. The standard InChI is InChI=1S/C16H23ClN2S/c1-16(2)9-7-11(8-10-16)19(3)13-6-4-5-12(17)14(13)15(18)20/h4-6,11H,7-10H2,1-3H3,(H2,18,20). The first-order chi connectivity index (χ1) is 9.32. The fourth-order valence-electron chi connectivity index (χ4n) is 3.02. The Morgan fingerprint density at radius 1 is 1.35 bits per heavy atom. The molecule has 0 amide bonds. The van der Waals surface area contributed by atoms with Crippen LogP contribution in [0.2, 0.25) is 5.02 Å². The molecule has 110 valence electrons. The van der Waals surface area contributed by atoms with Gasteiger partial charge in [0.1, 0.15) is 4.99 Å². The van der Waals surface area contributed by atoms with Gasteiger partial charge in [0.05, 0.1) is 10.6 Å². The average molecular weight is 311 g/mol. The van der Waals surface area contributed by atoms with Gasteiger partial charge in [-0.3, -0.25) is 0 Å². The van der Waals surface area contributed by atoms with Crippen molar-refractivity contribution in [3.05, 3.63) is 28.8 Å². The monoisotopic (exact) mass is 310 g/mol.